The average molecular weight is 313 g/mol. The summed E-state index contributed by atoms with van der Waals surface area (Å²) in [6.45, 7) is 0. The maximum Gasteiger partial charge on any atom is 0.270 e. The molecule has 0 atom stereocenters. The van der Waals surface area contributed by atoms with Crippen molar-refractivity contribution in [3.05, 3.63) is 56.4 Å². The van der Waals surface area contributed by atoms with E-state index in [4.69, 9.17) is 23.2 Å². The molecule has 1 heterocycles. The van der Waals surface area contributed by atoms with Crippen molar-refractivity contribution in [1.82, 2.24) is 9.97 Å². The first kappa shape index (κ1) is 14.2. The lowest BCUT2D eigenvalue weighted by Gasteiger charge is -2.05. The first-order valence-electron chi connectivity index (χ1n) is 5.20. The van der Waals surface area contributed by atoms with Crippen molar-refractivity contribution in [2.45, 2.75) is 0 Å². The highest BCUT2D eigenvalue weighted by Gasteiger charge is 2.16. The maximum atomic E-state index is 12.0. The van der Waals surface area contributed by atoms with Gasteiger partial charge in [-0.2, -0.15) is 0 Å². The number of rotatable bonds is 3. The van der Waals surface area contributed by atoms with Crippen molar-refractivity contribution in [1.29, 1.82) is 0 Å². The number of carbonyl (C=O) groups excluding carboxylic acids is 1. The number of anilines is 1. The van der Waals surface area contributed by atoms with Gasteiger partial charge in [-0.25, -0.2) is 9.97 Å². The molecule has 1 N–H and O–H groups in total. The van der Waals surface area contributed by atoms with Crippen LogP contribution in [0.15, 0.2) is 30.6 Å². The van der Waals surface area contributed by atoms with Crippen LogP contribution < -0.4 is 5.32 Å². The molecular formula is C11H6Cl2N4O3. The first-order valence-corrected chi connectivity index (χ1v) is 5.96. The molecule has 0 saturated carbocycles. The van der Waals surface area contributed by atoms with Gasteiger partial charge in [0.15, 0.2) is 0 Å². The summed E-state index contributed by atoms with van der Waals surface area (Å²) in [6.07, 6.45) is 1.17. The summed E-state index contributed by atoms with van der Waals surface area (Å²) >= 11 is 11.5. The Morgan fingerprint density at radius 1 is 1.25 bits per heavy atom. The fourth-order valence-corrected chi connectivity index (χ4v) is 1.74. The van der Waals surface area contributed by atoms with Crippen LogP contribution in [0, 0.1) is 10.1 Å². The normalized spacial score (nSPS) is 10.1. The number of non-ortho nitro benzene ring substituents is 1. The molecule has 2 rings (SSSR count). The fraction of sp³-hybridized carbons (Fsp3) is 0. The molecule has 7 nitrogen and oxygen atoms in total. The van der Waals surface area contributed by atoms with E-state index in [1.807, 2.05) is 0 Å². The van der Waals surface area contributed by atoms with Crippen LogP contribution in [0.2, 0.25) is 10.2 Å². The van der Waals surface area contributed by atoms with Gasteiger partial charge in [0.2, 0.25) is 0 Å². The molecule has 0 saturated heterocycles. The number of aromatic nitrogens is 2. The topological polar surface area (TPSA) is 98.0 Å². The lowest BCUT2D eigenvalue weighted by molar-refractivity contribution is -0.384. The number of nitro groups is 1. The van der Waals surface area contributed by atoms with Crippen LogP contribution in [0.1, 0.15) is 10.4 Å². The molecular weight excluding hydrogens is 307 g/mol. The first-order chi connectivity index (χ1) is 9.47. The summed E-state index contributed by atoms with van der Waals surface area (Å²) < 4.78 is 0. The van der Waals surface area contributed by atoms with E-state index in [9.17, 15) is 14.9 Å². The van der Waals surface area contributed by atoms with Crippen LogP contribution >= 0.6 is 23.2 Å². The quantitative estimate of drug-likeness (QED) is 0.533. The Bertz CT molecular complexity index is 693. The van der Waals surface area contributed by atoms with Crippen LogP contribution in [0.3, 0.4) is 0 Å². The molecule has 20 heavy (non-hydrogen) atoms. The zero-order valence-corrected chi connectivity index (χ0v) is 11.2. The molecule has 2 aromatic rings. The third-order valence-corrected chi connectivity index (χ3v) is 2.82. The van der Waals surface area contributed by atoms with Crippen LogP contribution in [0.4, 0.5) is 11.5 Å². The van der Waals surface area contributed by atoms with E-state index in [0.717, 1.165) is 6.07 Å². The summed E-state index contributed by atoms with van der Waals surface area (Å²) in [5, 5.41) is 13.4. The number of benzene rings is 1. The largest absolute Gasteiger partial charge is 0.306 e. The molecule has 102 valence electrons. The Hall–Kier alpha value is -2.25. The van der Waals surface area contributed by atoms with E-state index in [0.29, 0.717) is 0 Å². The molecule has 0 bridgehead atoms. The predicted molar refractivity (Wildman–Crippen MR) is 73.1 cm³/mol. The van der Waals surface area contributed by atoms with Crippen LogP contribution in [0.5, 0.6) is 0 Å². The van der Waals surface area contributed by atoms with Gasteiger partial charge in [0.05, 0.1) is 15.5 Å². The molecule has 1 aromatic heterocycles. The van der Waals surface area contributed by atoms with Gasteiger partial charge in [0.1, 0.15) is 17.3 Å². The summed E-state index contributed by atoms with van der Waals surface area (Å²) in [7, 11) is 0. The number of nitrogens with zero attached hydrogens (tertiary/aromatic N) is 3. The zero-order valence-electron chi connectivity index (χ0n) is 9.71. The fourth-order valence-electron chi connectivity index (χ4n) is 1.39. The van der Waals surface area contributed by atoms with Crippen molar-refractivity contribution in [3.8, 4) is 0 Å². The number of nitrogens with one attached hydrogen (secondary N) is 1. The standard InChI is InChI=1S/C11H6Cl2N4O3/c12-8-2-1-6(17(19)20)3-7(8)11(18)16-10-4-9(13)14-5-15-10/h1-5H,(H,14,15,16,18). The minimum Gasteiger partial charge on any atom is -0.306 e. The van der Waals surface area contributed by atoms with E-state index in [-0.39, 0.29) is 27.2 Å². The van der Waals surface area contributed by atoms with Crippen LogP contribution in [-0.4, -0.2) is 20.8 Å². The molecule has 0 aliphatic heterocycles. The van der Waals surface area contributed by atoms with E-state index in [1.54, 1.807) is 0 Å². The summed E-state index contributed by atoms with van der Waals surface area (Å²) in [5.74, 6) is -0.467. The highest BCUT2D eigenvalue weighted by Crippen LogP contribution is 2.23. The third-order valence-electron chi connectivity index (χ3n) is 2.28. The molecule has 0 fully saturated rings. The van der Waals surface area contributed by atoms with Crippen molar-refractivity contribution in [3.63, 3.8) is 0 Å². The number of hydrogen-bond acceptors (Lipinski definition) is 5. The lowest BCUT2D eigenvalue weighted by atomic mass is 10.2. The number of carbonyl (C=O) groups is 1. The number of nitro benzene ring substituents is 1. The highest BCUT2D eigenvalue weighted by atomic mass is 35.5. The Balaban J connectivity index is 2.29. The second-order valence-corrected chi connectivity index (χ2v) is 4.40. The van der Waals surface area contributed by atoms with E-state index >= 15 is 0 Å². The summed E-state index contributed by atoms with van der Waals surface area (Å²) in [5.41, 5.74) is -0.268. The molecule has 0 spiro atoms. The molecule has 0 radical (unpaired) electrons. The van der Waals surface area contributed by atoms with Crippen molar-refractivity contribution in [2.24, 2.45) is 0 Å². The number of halogens is 2. The Morgan fingerprint density at radius 3 is 2.65 bits per heavy atom. The minimum atomic E-state index is -0.631. The molecule has 0 unspecified atom stereocenters. The highest BCUT2D eigenvalue weighted by molar-refractivity contribution is 6.34. The smallest absolute Gasteiger partial charge is 0.270 e. The van der Waals surface area contributed by atoms with Crippen molar-refractivity contribution in [2.75, 3.05) is 5.32 Å². The van der Waals surface area contributed by atoms with Crippen molar-refractivity contribution < 1.29 is 9.72 Å². The van der Waals surface area contributed by atoms with Gasteiger partial charge in [0, 0.05) is 18.2 Å². The summed E-state index contributed by atoms with van der Waals surface area (Å²) in [4.78, 5) is 29.5. The van der Waals surface area contributed by atoms with E-state index in [2.05, 4.69) is 15.3 Å². The minimum absolute atomic E-state index is 0.0319. The van der Waals surface area contributed by atoms with Crippen LogP contribution in [0.25, 0.3) is 0 Å². The van der Waals surface area contributed by atoms with Gasteiger partial charge >= 0.3 is 0 Å². The average Bonchev–Trinajstić information content (AvgIpc) is 2.38. The second-order valence-electron chi connectivity index (χ2n) is 3.60. The van der Waals surface area contributed by atoms with Gasteiger partial charge in [-0.15, -0.1) is 0 Å². The molecule has 0 aliphatic carbocycles. The van der Waals surface area contributed by atoms with Gasteiger partial charge in [-0.05, 0) is 6.07 Å². The predicted octanol–water partition coefficient (Wildman–Crippen LogP) is 2.94. The van der Waals surface area contributed by atoms with E-state index < -0.39 is 10.8 Å². The van der Waals surface area contributed by atoms with Gasteiger partial charge in [0.25, 0.3) is 11.6 Å². The lowest BCUT2D eigenvalue weighted by Crippen LogP contribution is -2.14. The third kappa shape index (κ3) is 3.19. The molecule has 1 aromatic carbocycles. The van der Waals surface area contributed by atoms with E-state index in [1.165, 1.54) is 24.5 Å². The molecule has 9 heteroatoms. The second kappa shape index (κ2) is 5.81. The number of amides is 1. The Labute approximate surface area is 122 Å². The Kier molecular flexibility index (Phi) is 4.11. The van der Waals surface area contributed by atoms with Gasteiger partial charge in [-0.3, -0.25) is 14.9 Å². The Morgan fingerprint density at radius 2 is 2.00 bits per heavy atom. The number of hydrogen-bond donors (Lipinski definition) is 1. The molecule has 0 aliphatic rings. The van der Waals surface area contributed by atoms with Crippen LogP contribution in [-0.2, 0) is 0 Å². The SMILES string of the molecule is O=C(Nc1cc(Cl)ncn1)c1cc([N+](=O)[O-])ccc1Cl. The maximum absolute atomic E-state index is 12.0. The molecule has 1 amide bonds. The monoisotopic (exact) mass is 312 g/mol. The zero-order chi connectivity index (χ0) is 14.7. The van der Waals surface area contributed by atoms with Gasteiger partial charge < -0.3 is 5.32 Å². The van der Waals surface area contributed by atoms with Crippen molar-refractivity contribution >= 4 is 40.6 Å². The van der Waals surface area contributed by atoms with Gasteiger partial charge in [-0.1, -0.05) is 23.2 Å². The summed E-state index contributed by atoms with van der Waals surface area (Å²) in [6, 6.07) is 4.91.